The lowest BCUT2D eigenvalue weighted by Crippen LogP contribution is -2.38. The number of nitrogens with one attached hydrogen (secondary N) is 2. The van der Waals surface area contributed by atoms with Gasteiger partial charge in [-0.15, -0.1) is 0 Å². The summed E-state index contributed by atoms with van der Waals surface area (Å²) in [6.07, 6.45) is 0.253. The third-order valence-corrected chi connectivity index (χ3v) is 5.75. The monoisotopic (exact) mass is 404 g/mol. The molecule has 30 heavy (non-hydrogen) atoms. The number of aromatic amines is 1. The van der Waals surface area contributed by atoms with Gasteiger partial charge in [-0.2, -0.15) is 0 Å². The number of para-hydroxylation sites is 2. The number of carbonyl (C=O) groups excluding carboxylic acids is 2. The molecule has 1 saturated heterocycles. The maximum Gasteiger partial charge on any atom is 0.226 e. The average Bonchev–Trinajstić information content (AvgIpc) is 3.31. The minimum Gasteiger partial charge on any atom is -0.346 e. The van der Waals surface area contributed by atoms with Gasteiger partial charge in [0.1, 0.15) is 5.82 Å². The summed E-state index contributed by atoms with van der Waals surface area (Å²) >= 11 is 0. The number of nitrogens with zero attached hydrogens (tertiary/aromatic N) is 2. The van der Waals surface area contributed by atoms with Gasteiger partial charge in [0.05, 0.1) is 23.0 Å². The topological polar surface area (TPSA) is 78.1 Å². The van der Waals surface area contributed by atoms with E-state index in [1.807, 2.05) is 55.5 Å². The molecule has 2 heterocycles. The summed E-state index contributed by atoms with van der Waals surface area (Å²) in [6, 6.07) is 15.8. The normalized spacial score (nSPS) is 17.7. The van der Waals surface area contributed by atoms with Crippen LogP contribution in [0.5, 0.6) is 0 Å². The predicted octanol–water partition coefficient (Wildman–Crippen LogP) is 3.73. The fourth-order valence-electron chi connectivity index (χ4n) is 3.96. The molecule has 1 aliphatic heterocycles. The first kappa shape index (κ1) is 20.1. The van der Waals surface area contributed by atoms with Gasteiger partial charge in [0.25, 0.3) is 0 Å². The van der Waals surface area contributed by atoms with Gasteiger partial charge in [0.2, 0.25) is 11.8 Å². The first-order valence-electron chi connectivity index (χ1n) is 10.5. The molecule has 6 heteroatoms. The van der Waals surface area contributed by atoms with Crippen molar-refractivity contribution in [2.45, 2.75) is 39.8 Å². The van der Waals surface area contributed by atoms with Crippen molar-refractivity contribution in [3.05, 3.63) is 65.5 Å². The fourth-order valence-corrected chi connectivity index (χ4v) is 3.96. The van der Waals surface area contributed by atoms with Crippen molar-refractivity contribution in [2.24, 2.45) is 11.8 Å². The van der Waals surface area contributed by atoms with Crippen molar-refractivity contribution in [1.29, 1.82) is 0 Å². The Morgan fingerprint density at radius 3 is 2.63 bits per heavy atom. The molecule has 1 aromatic heterocycles. The second kappa shape index (κ2) is 8.30. The number of hydrogen-bond donors (Lipinski definition) is 2. The molecular weight excluding hydrogens is 376 g/mol. The van der Waals surface area contributed by atoms with Gasteiger partial charge in [-0.1, -0.05) is 55.8 Å². The second-order valence-corrected chi connectivity index (χ2v) is 8.53. The van der Waals surface area contributed by atoms with Gasteiger partial charge in [-0.3, -0.25) is 9.59 Å². The number of benzene rings is 2. The van der Waals surface area contributed by atoms with E-state index in [0.29, 0.717) is 13.1 Å². The standard InChI is InChI=1S/C24H28N4O2/c1-15(2)22(23-25-19-6-4-5-7-20(19)26-23)27-24(30)18-12-21(29)28(14-18)13-17-10-8-16(3)9-11-17/h4-11,15,18,22H,12-14H2,1-3H3,(H,25,26)(H,27,30)/t18-,22-/m0/s1. The van der Waals surface area contributed by atoms with Gasteiger partial charge >= 0.3 is 0 Å². The molecule has 6 nitrogen and oxygen atoms in total. The molecule has 0 aliphatic carbocycles. The van der Waals surface area contributed by atoms with E-state index in [4.69, 9.17) is 0 Å². The first-order chi connectivity index (χ1) is 14.4. The zero-order chi connectivity index (χ0) is 21.3. The van der Waals surface area contributed by atoms with E-state index in [1.54, 1.807) is 4.90 Å². The second-order valence-electron chi connectivity index (χ2n) is 8.53. The van der Waals surface area contributed by atoms with E-state index < -0.39 is 0 Å². The highest BCUT2D eigenvalue weighted by Gasteiger charge is 2.35. The highest BCUT2D eigenvalue weighted by Crippen LogP contribution is 2.25. The van der Waals surface area contributed by atoms with E-state index in [1.165, 1.54) is 5.56 Å². The smallest absolute Gasteiger partial charge is 0.226 e. The third-order valence-electron chi connectivity index (χ3n) is 5.75. The molecule has 2 aromatic carbocycles. The number of imidazole rings is 1. The Kier molecular flexibility index (Phi) is 5.57. The quantitative estimate of drug-likeness (QED) is 0.657. The van der Waals surface area contributed by atoms with Crippen molar-refractivity contribution in [1.82, 2.24) is 20.2 Å². The van der Waals surface area contributed by atoms with Crippen LogP contribution in [0.15, 0.2) is 48.5 Å². The summed E-state index contributed by atoms with van der Waals surface area (Å²) in [5, 5.41) is 3.14. The van der Waals surface area contributed by atoms with Crippen LogP contribution in [0.3, 0.4) is 0 Å². The lowest BCUT2D eigenvalue weighted by atomic mass is 10.0. The average molecular weight is 405 g/mol. The molecule has 0 radical (unpaired) electrons. The highest BCUT2D eigenvalue weighted by atomic mass is 16.2. The maximum atomic E-state index is 13.0. The van der Waals surface area contributed by atoms with Crippen LogP contribution in [0, 0.1) is 18.8 Å². The molecule has 1 fully saturated rings. The lowest BCUT2D eigenvalue weighted by molar-refractivity contribution is -0.129. The first-order valence-corrected chi connectivity index (χ1v) is 10.5. The Bertz CT molecular complexity index is 1020. The molecule has 0 unspecified atom stereocenters. The Labute approximate surface area is 176 Å². The molecule has 0 spiro atoms. The molecule has 2 amide bonds. The number of H-pyrrole nitrogens is 1. The van der Waals surface area contributed by atoms with E-state index in [9.17, 15) is 9.59 Å². The summed E-state index contributed by atoms with van der Waals surface area (Å²) in [7, 11) is 0. The van der Waals surface area contributed by atoms with Crippen LogP contribution in [0.4, 0.5) is 0 Å². The Balaban J connectivity index is 1.44. The number of amides is 2. The summed E-state index contributed by atoms with van der Waals surface area (Å²) < 4.78 is 0. The molecule has 0 saturated carbocycles. The molecule has 0 bridgehead atoms. The SMILES string of the molecule is Cc1ccc(CN2C[C@@H](C(=O)N[C@H](c3nc4ccccc4[nH]3)C(C)C)CC2=O)cc1. The number of carbonyl (C=O) groups is 2. The van der Waals surface area contributed by atoms with E-state index >= 15 is 0 Å². The van der Waals surface area contributed by atoms with Crippen LogP contribution in [0.25, 0.3) is 11.0 Å². The van der Waals surface area contributed by atoms with Crippen molar-refractivity contribution < 1.29 is 9.59 Å². The van der Waals surface area contributed by atoms with Crippen LogP contribution in [0.1, 0.15) is 43.3 Å². The Morgan fingerprint density at radius 1 is 1.20 bits per heavy atom. The largest absolute Gasteiger partial charge is 0.346 e. The summed E-state index contributed by atoms with van der Waals surface area (Å²) in [5.41, 5.74) is 4.10. The minimum atomic E-state index is -0.339. The highest BCUT2D eigenvalue weighted by molar-refractivity contribution is 5.89. The number of aromatic nitrogens is 2. The van der Waals surface area contributed by atoms with Crippen LogP contribution in [0.2, 0.25) is 0 Å². The van der Waals surface area contributed by atoms with E-state index in [2.05, 4.69) is 29.1 Å². The number of likely N-dealkylation sites (tertiary alicyclic amines) is 1. The van der Waals surface area contributed by atoms with Gasteiger partial charge in [-0.25, -0.2) is 4.98 Å². The molecule has 2 N–H and O–H groups in total. The van der Waals surface area contributed by atoms with Gasteiger partial charge in [0, 0.05) is 19.5 Å². The summed E-state index contributed by atoms with van der Waals surface area (Å²) in [6.45, 7) is 7.14. The minimum absolute atomic E-state index is 0.0283. The molecule has 3 aromatic rings. The number of fused-ring (bicyclic) bond motifs is 1. The van der Waals surface area contributed by atoms with Crippen molar-refractivity contribution >= 4 is 22.8 Å². The molecular formula is C24H28N4O2. The number of aryl methyl sites for hydroxylation is 1. The van der Waals surface area contributed by atoms with Crippen LogP contribution in [-0.2, 0) is 16.1 Å². The van der Waals surface area contributed by atoms with Crippen LogP contribution < -0.4 is 5.32 Å². The van der Waals surface area contributed by atoms with Gasteiger partial charge in [0.15, 0.2) is 0 Å². The van der Waals surface area contributed by atoms with Gasteiger partial charge in [-0.05, 0) is 30.5 Å². The molecule has 4 rings (SSSR count). The van der Waals surface area contributed by atoms with Crippen molar-refractivity contribution in [3.8, 4) is 0 Å². The van der Waals surface area contributed by atoms with E-state index in [0.717, 1.165) is 22.4 Å². The summed E-state index contributed by atoms with van der Waals surface area (Å²) in [5.74, 6) is 0.513. The number of rotatable bonds is 6. The summed E-state index contributed by atoms with van der Waals surface area (Å²) in [4.78, 5) is 35.3. The Morgan fingerprint density at radius 2 is 1.93 bits per heavy atom. The van der Waals surface area contributed by atoms with Crippen LogP contribution >= 0.6 is 0 Å². The molecule has 1 aliphatic rings. The molecule has 156 valence electrons. The van der Waals surface area contributed by atoms with Crippen molar-refractivity contribution in [3.63, 3.8) is 0 Å². The van der Waals surface area contributed by atoms with Gasteiger partial charge < -0.3 is 15.2 Å². The predicted molar refractivity (Wildman–Crippen MR) is 117 cm³/mol. The maximum absolute atomic E-state index is 13.0. The van der Waals surface area contributed by atoms with Crippen molar-refractivity contribution in [2.75, 3.05) is 6.54 Å². The number of hydrogen-bond acceptors (Lipinski definition) is 3. The zero-order valence-electron chi connectivity index (χ0n) is 17.7. The lowest BCUT2D eigenvalue weighted by Gasteiger charge is -2.22. The van der Waals surface area contributed by atoms with Crippen LogP contribution in [-0.4, -0.2) is 33.2 Å². The Hall–Kier alpha value is -3.15. The zero-order valence-corrected chi connectivity index (χ0v) is 17.7. The molecule has 2 atom stereocenters. The fraction of sp³-hybridized carbons (Fsp3) is 0.375. The third kappa shape index (κ3) is 4.22. The van der Waals surface area contributed by atoms with E-state index in [-0.39, 0.29) is 36.1 Å².